The Morgan fingerprint density at radius 3 is 2.96 bits per heavy atom. The lowest BCUT2D eigenvalue weighted by Crippen LogP contribution is -2.31. The van der Waals surface area contributed by atoms with E-state index >= 15 is 0 Å². The molecule has 0 saturated carbocycles. The van der Waals surface area contributed by atoms with Crippen molar-refractivity contribution in [2.75, 3.05) is 18.6 Å². The van der Waals surface area contributed by atoms with Gasteiger partial charge in [0.15, 0.2) is 9.84 Å². The molecular formula is C15H18N4O3S. The zero-order valence-electron chi connectivity index (χ0n) is 12.8. The third kappa shape index (κ3) is 4.79. The molecule has 0 aromatic carbocycles. The van der Waals surface area contributed by atoms with Gasteiger partial charge in [-0.15, -0.1) is 0 Å². The zero-order valence-corrected chi connectivity index (χ0v) is 13.6. The number of amides is 1. The van der Waals surface area contributed by atoms with E-state index in [9.17, 15) is 13.2 Å². The van der Waals surface area contributed by atoms with Crippen LogP contribution in [0.4, 0.5) is 0 Å². The molecule has 1 aliphatic heterocycles. The van der Waals surface area contributed by atoms with Crippen LogP contribution in [-0.4, -0.2) is 48.8 Å². The van der Waals surface area contributed by atoms with Gasteiger partial charge in [-0.2, -0.15) is 5.26 Å². The predicted octanol–water partition coefficient (Wildman–Crippen LogP) is 0.224. The van der Waals surface area contributed by atoms with Crippen LogP contribution >= 0.6 is 0 Å². The van der Waals surface area contributed by atoms with Crippen molar-refractivity contribution in [1.82, 2.24) is 15.2 Å². The van der Waals surface area contributed by atoms with Crippen LogP contribution in [0.15, 0.2) is 36.3 Å². The number of hydrogen-bond acceptors (Lipinski definition) is 6. The van der Waals surface area contributed by atoms with Crippen molar-refractivity contribution in [3.8, 4) is 6.07 Å². The normalized spacial score (nSPS) is 19.8. The molecule has 0 spiro atoms. The number of nitrogens with one attached hydrogen (secondary N) is 1. The van der Waals surface area contributed by atoms with Gasteiger partial charge in [0.05, 0.1) is 11.5 Å². The van der Waals surface area contributed by atoms with E-state index in [0.717, 1.165) is 5.56 Å². The first-order valence-corrected chi connectivity index (χ1v) is 8.95. The van der Waals surface area contributed by atoms with Gasteiger partial charge in [0, 0.05) is 38.2 Å². The van der Waals surface area contributed by atoms with Gasteiger partial charge in [-0.3, -0.25) is 9.78 Å². The lowest BCUT2D eigenvalue weighted by molar-refractivity contribution is -0.117. The Morgan fingerprint density at radius 1 is 1.61 bits per heavy atom. The van der Waals surface area contributed by atoms with Crippen LogP contribution < -0.4 is 5.32 Å². The summed E-state index contributed by atoms with van der Waals surface area (Å²) in [5.74, 6) is -0.301. The van der Waals surface area contributed by atoms with Gasteiger partial charge in [0.25, 0.3) is 5.91 Å². The monoisotopic (exact) mass is 334 g/mol. The zero-order chi connectivity index (χ0) is 16.9. The second kappa shape index (κ2) is 7.24. The van der Waals surface area contributed by atoms with Crippen LogP contribution in [-0.2, 0) is 21.2 Å². The highest BCUT2D eigenvalue weighted by Gasteiger charge is 2.30. The molecule has 2 rings (SSSR count). The van der Waals surface area contributed by atoms with Crippen LogP contribution in [0.25, 0.3) is 0 Å². The fourth-order valence-electron chi connectivity index (χ4n) is 2.32. The summed E-state index contributed by atoms with van der Waals surface area (Å²) in [4.78, 5) is 17.6. The maximum absolute atomic E-state index is 12.1. The van der Waals surface area contributed by atoms with Crippen molar-refractivity contribution in [1.29, 1.82) is 5.26 Å². The Hall–Kier alpha value is -2.40. The Balaban J connectivity index is 1.98. The van der Waals surface area contributed by atoms with Crippen LogP contribution in [0.5, 0.6) is 0 Å². The van der Waals surface area contributed by atoms with E-state index in [2.05, 4.69) is 10.3 Å². The van der Waals surface area contributed by atoms with Crippen LogP contribution in [0.1, 0.15) is 12.0 Å². The number of pyridine rings is 1. The van der Waals surface area contributed by atoms with Gasteiger partial charge in [-0.1, -0.05) is 6.07 Å². The van der Waals surface area contributed by atoms with Crippen molar-refractivity contribution < 1.29 is 13.2 Å². The van der Waals surface area contributed by atoms with Gasteiger partial charge >= 0.3 is 0 Å². The summed E-state index contributed by atoms with van der Waals surface area (Å²) in [6.45, 7) is 0.271. The number of nitriles is 1. The molecule has 1 aliphatic rings. The number of rotatable bonds is 5. The topological polar surface area (TPSA) is 103 Å². The van der Waals surface area contributed by atoms with E-state index < -0.39 is 15.7 Å². The maximum Gasteiger partial charge on any atom is 0.263 e. The van der Waals surface area contributed by atoms with Gasteiger partial charge in [0.2, 0.25) is 0 Å². The summed E-state index contributed by atoms with van der Waals surface area (Å²) in [7, 11) is -1.33. The first-order valence-electron chi connectivity index (χ1n) is 7.12. The lowest BCUT2D eigenvalue weighted by Gasteiger charge is -2.21. The lowest BCUT2D eigenvalue weighted by atomic mass is 10.2. The molecule has 1 amide bonds. The molecule has 1 aromatic heterocycles. The predicted molar refractivity (Wildman–Crippen MR) is 84.6 cm³/mol. The minimum Gasteiger partial charge on any atom is -0.375 e. The first kappa shape index (κ1) is 17.0. The highest BCUT2D eigenvalue weighted by molar-refractivity contribution is 7.91. The second-order valence-corrected chi connectivity index (χ2v) is 7.65. The first-order chi connectivity index (χ1) is 10.9. The van der Waals surface area contributed by atoms with Crippen LogP contribution in [0.2, 0.25) is 0 Å². The molecule has 1 N–H and O–H groups in total. The molecule has 23 heavy (non-hydrogen) atoms. The molecule has 1 fully saturated rings. The van der Waals surface area contributed by atoms with E-state index in [4.69, 9.17) is 5.26 Å². The van der Waals surface area contributed by atoms with Gasteiger partial charge in [-0.05, 0) is 18.1 Å². The summed E-state index contributed by atoms with van der Waals surface area (Å²) in [5, 5.41) is 11.8. The van der Waals surface area contributed by atoms with Crippen LogP contribution in [0, 0.1) is 11.3 Å². The molecule has 122 valence electrons. The second-order valence-electron chi connectivity index (χ2n) is 5.42. The van der Waals surface area contributed by atoms with Gasteiger partial charge < -0.3 is 10.2 Å². The summed E-state index contributed by atoms with van der Waals surface area (Å²) in [6.07, 6.45) is 5.18. The molecule has 0 radical (unpaired) electrons. The summed E-state index contributed by atoms with van der Waals surface area (Å²) < 4.78 is 23.0. The molecule has 0 bridgehead atoms. The van der Waals surface area contributed by atoms with E-state index in [1.165, 1.54) is 6.20 Å². The summed E-state index contributed by atoms with van der Waals surface area (Å²) in [6, 6.07) is 5.23. The van der Waals surface area contributed by atoms with Crippen molar-refractivity contribution in [3.05, 3.63) is 41.9 Å². The maximum atomic E-state index is 12.1. The summed E-state index contributed by atoms with van der Waals surface area (Å²) in [5.41, 5.74) is 0.772. The fraction of sp³-hybridized carbons (Fsp3) is 0.400. The van der Waals surface area contributed by atoms with Crippen molar-refractivity contribution >= 4 is 15.7 Å². The Morgan fingerprint density at radius 2 is 2.39 bits per heavy atom. The standard InChI is InChI=1S/C15H18N4O3S/c1-19(14-4-6-23(21,22)11-14)10-13(7-16)15(20)18-9-12-3-2-5-17-8-12/h2-3,5,8,10,14H,4,6,9,11H2,1H3,(H,18,20)/b13-10-. The van der Waals surface area contributed by atoms with E-state index in [1.807, 2.05) is 12.1 Å². The molecule has 2 heterocycles. The quantitative estimate of drug-likeness (QED) is 0.610. The van der Waals surface area contributed by atoms with Gasteiger partial charge in [0.1, 0.15) is 11.6 Å². The molecule has 1 unspecified atom stereocenters. The average molecular weight is 334 g/mol. The molecule has 1 saturated heterocycles. The third-order valence-electron chi connectivity index (χ3n) is 3.66. The average Bonchev–Trinajstić information content (AvgIpc) is 2.91. The van der Waals surface area contributed by atoms with E-state index in [1.54, 1.807) is 30.4 Å². The molecule has 7 nitrogen and oxygen atoms in total. The van der Waals surface area contributed by atoms with Crippen molar-refractivity contribution in [2.45, 2.75) is 19.0 Å². The van der Waals surface area contributed by atoms with Crippen molar-refractivity contribution in [3.63, 3.8) is 0 Å². The molecule has 1 atom stereocenters. The molecule has 8 heteroatoms. The van der Waals surface area contributed by atoms with Crippen molar-refractivity contribution in [2.24, 2.45) is 0 Å². The molecule has 0 aliphatic carbocycles. The third-order valence-corrected chi connectivity index (χ3v) is 5.41. The molecule has 1 aromatic rings. The highest BCUT2D eigenvalue weighted by atomic mass is 32.2. The minimum absolute atomic E-state index is 0.0516. The smallest absolute Gasteiger partial charge is 0.263 e. The fourth-order valence-corrected chi connectivity index (χ4v) is 4.11. The van der Waals surface area contributed by atoms with E-state index in [-0.39, 0.29) is 29.7 Å². The van der Waals surface area contributed by atoms with E-state index in [0.29, 0.717) is 6.42 Å². The number of nitrogens with zero attached hydrogens (tertiary/aromatic N) is 3. The number of sulfone groups is 1. The SMILES string of the molecule is CN(/C=C(/C#N)C(=O)NCc1cccnc1)C1CCS(=O)(=O)C1. The number of hydrogen-bond donors (Lipinski definition) is 1. The van der Waals surface area contributed by atoms with Gasteiger partial charge in [-0.25, -0.2) is 8.42 Å². The minimum atomic E-state index is -3.01. The summed E-state index contributed by atoms with van der Waals surface area (Å²) >= 11 is 0. The largest absolute Gasteiger partial charge is 0.375 e. The Bertz CT molecular complexity index is 738. The number of carbonyl (C=O) groups excluding carboxylic acids is 1. The Kier molecular flexibility index (Phi) is 5.34. The number of aromatic nitrogens is 1. The number of carbonyl (C=O) groups is 1. The van der Waals surface area contributed by atoms with Crippen LogP contribution in [0.3, 0.4) is 0 Å². The Labute approximate surface area is 135 Å². The highest BCUT2D eigenvalue weighted by Crippen LogP contribution is 2.17. The molecular weight excluding hydrogens is 316 g/mol.